The third-order valence-corrected chi connectivity index (χ3v) is 1.59. The van der Waals surface area contributed by atoms with E-state index in [0.717, 1.165) is 10.9 Å². The van der Waals surface area contributed by atoms with Gasteiger partial charge in [-0.05, 0) is 18.2 Å². The maximum atomic E-state index is 9.04. The SMILES string of the molecule is Oc1ccc2[nH]c(O)cc2c1. The van der Waals surface area contributed by atoms with E-state index in [0.29, 0.717) is 0 Å². The van der Waals surface area contributed by atoms with Crippen LogP contribution in [0.4, 0.5) is 0 Å². The molecule has 0 aliphatic rings. The smallest absolute Gasteiger partial charge is 0.189 e. The van der Waals surface area contributed by atoms with Crippen LogP contribution < -0.4 is 0 Å². The van der Waals surface area contributed by atoms with Crippen molar-refractivity contribution in [1.29, 1.82) is 0 Å². The molecule has 2 rings (SSSR count). The Morgan fingerprint density at radius 3 is 2.73 bits per heavy atom. The molecule has 3 nitrogen and oxygen atoms in total. The van der Waals surface area contributed by atoms with Crippen LogP contribution in [0.25, 0.3) is 10.9 Å². The quantitative estimate of drug-likeness (QED) is 0.532. The molecule has 0 fully saturated rings. The third kappa shape index (κ3) is 0.902. The predicted molar refractivity (Wildman–Crippen MR) is 41.6 cm³/mol. The molecule has 11 heavy (non-hydrogen) atoms. The maximum absolute atomic E-state index is 9.04. The minimum Gasteiger partial charge on any atom is -0.508 e. The van der Waals surface area contributed by atoms with Gasteiger partial charge in [0.25, 0.3) is 0 Å². The number of aromatic amines is 1. The van der Waals surface area contributed by atoms with E-state index < -0.39 is 0 Å². The molecule has 0 saturated heterocycles. The summed E-state index contributed by atoms with van der Waals surface area (Å²) in [6, 6.07) is 6.43. The van der Waals surface area contributed by atoms with Crippen molar-refractivity contribution in [2.75, 3.05) is 0 Å². The summed E-state index contributed by atoms with van der Waals surface area (Å²) in [5, 5.41) is 18.9. The summed E-state index contributed by atoms with van der Waals surface area (Å²) in [4.78, 5) is 2.73. The molecule has 1 aromatic heterocycles. The lowest BCUT2D eigenvalue weighted by Crippen LogP contribution is -1.66. The first kappa shape index (κ1) is 6.09. The molecule has 0 amide bonds. The van der Waals surface area contributed by atoms with E-state index in [9.17, 15) is 0 Å². The van der Waals surface area contributed by atoms with Crippen molar-refractivity contribution in [2.24, 2.45) is 0 Å². The molecule has 56 valence electrons. The summed E-state index contributed by atoms with van der Waals surface area (Å²) in [5.74, 6) is 0.321. The Morgan fingerprint density at radius 1 is 1.09 bits per heavy atom. The zero-order valence-electron chi connectivity index (χ0n) is 5.70. The number of phenols is 1. The standard InChI is InChI=1S/C8H7NO2/c10-6-1-2-7-5(3-6)4-8(11)9-7/h1-4,9-11H. The van der Waals surface area contributed by atoms with Gasteiger partial charge in [-0.25, -0.2) is 0 Å². The van der Waals surface area contributed by atoms with Crippen LogP contribution in [0.1, 0.15) is 0 Å². The number of phenolic OH excluding ortho intramolecular Hbond substituents is 1. The van der Waals surface area contributed by atoms with Crippen LogP contribution in [-0.2, 0) is 0 Å². The predicted octanol–water partition coefficient (Wildman–Crippen LogP) is 1.58. The number of aromatic hydroxyl groups is 2. The average molecular weight is 149 g/mol. The minimum absolute atomic E-state index is 0.116. The van der Waals surface area contributed by atoms with Gasteiger partial charge in [-0.15, -0.1) is 0 Å². The first-order valence-corrected chi connectivity index (χ1v) is 3.26. The molecular weight excluding hydrogens is 142 g/mol. The number of H-pyrrole nitrogens is 1. The first-order chi connectivity index (χ1) is 5.25. The molecule has 3 heteroatoms. The molecule has 0 aliphatic heterocycles. The Morgan fingerprint density at radius 2 is 1.91 bits per heavy atom. The number of hydrogen-bond acceptors (Lipinski definition) is 2. The summed E-state index contributed by atoms with van der Waals surface area (Å²) < 4.78 is 0. The highest BCUT2D eigenvalue weighted by molar-refractivity contribution is 5.82. The van der Waals surface area contributed by atoms with E-state index in [4.69, 9.17) is 10.2 Å². The molecule has 0 aliphatic carbocycles. The van der Waals surface area contributed by atoms with Gasteiger partial charge in [0.1, 0.15) is 5.75 Å². The fourth-order valence-electron chi connectivity index (χ4n) is 1.10. The number of hydrogen-bond donors (Lipinski definition) is 3. The Hall–Kier alpha value is -1.64. The molecule has 0 unspecified atom stereocenters. The van der Waals surface area contributed by atoms with E-state index in [1.54, 1.807) is 24.3 Å². The summed E-state index contributed by atoms with van der Waals surface area (Å²) in [5.41, 5.74) is 0.820. The number of rotatable bonds is 0. The van der Waals surface area contributed by atoms with Crippen LogP contribution in [-0.4, -0.2) is 15.2 Å². The highest BCUT2D eigenvalue weighted by atomic mass is 16.3. The van der Waals surface area contributed by atoms with E-state index in [2.05, 4.69) is 4.98 Å². The summed E-state index contributed by atoms with van der Waals surface area (Å²) in [6.07, 6.45) is 0. The van der Waals surface area contributed by atoms with Crippen LogP contribution >= 0.6 is 0 Å². The molecular formula is C8H7NO2. The number of fused-ring (bicyclic) bond motifs is 1. The van der Waals surface area contributed by atoms with Crippen molar-refractivity contribution >= 4 is 10.9 Å². The monoisotopic (exact) mass is 149 g/mol. The van der Waals surface area contributed by atoms with E-state index in [-0.39, 0.29) is 11.6 Å². The Labute approximate surface area is 62.9 Å². The largest absolute Gasteiger partial charge is 0.508 e. The topological polar surface area (TPSA) is 56.2 Å². The van der Waals surface area contributed by atoms with E-state index in [1.165, 1.54) is 0 Å². The zero-order chi connectivity index (χ0) is 7.84. The van der Waals surface area contributed by atoms with Crippen molar-refractivity contribution in [3.05, 3.63) is 24.3 Å². The second kappa shape index (κ2) is 1.92. The van der Waals surface area contributed by atoms with Gasteiger partial charge in [0.05, 0.1) is 0 Å². The first-order valence-electron chi connectivity index (χ1n) is 3.26. The molecule has 0 spiro atoms. The van der Waals surface area contributed by atoms with Crippen LogP contribution in [0.5, 0.6) is 11.6 Å². The maximum Gasteiger partial charge on any atom is 0.189 e. The Bertz CT molecular complexity index is 392. The molecule has 0 radical (unpaired) electrons. The zero-order valence-corrected chi connectivity index (χ0v) is 5.70. The lowest BCUT2D eigenvalue weighted by Gasteiger charge is -1.89. The second-order valence-corrected chi connectivity index (χ2v) is 2.43. The highest BCUT2D eigenvalue weighted by Crippen LogP contribution is 2.22. The van der Waals surface area contributed by atoms with Gasteiger partial charge in [-0.3, -0.25) is 0 Å². The molecule has 1 aromatic carbocycles. The summed E-state index contributed by atoms with van der Waals surface area (Å²) in [6.45, 7) is 0. The van der Waals surface area contributed by atoms with E-state index >= 15 is 0 Å². The van der Waals surface area contributed by atoms with Crippen LogP contribution in [0.15, 0.2) is 24.3 Å². The number of nitrogens with one attached hydrogen (secondary N) is 1. The van der Waals surface area contributed by atoms with Gasteiger partial charge < -0.3 is 15.2 Å². The van der Waals surface area contributed by atoms with Gasteiger partial charge in [-0.2, -0.15) is 0 Å². The van der Waals surface area contributed by atoms with Gasteiger partial charge in [-0.1, -0.05) is 0 Å². The number of aromatic nitrogens is 1. The van der Waals surface area contributed by atoms with Crippen LogP contribution in [0.2, 0.25) is 0 Å². The van der Waals surface area contributed by atoms with Crippen LogP contribution in [0, 0.1) is 0 Å². The lowest BCUT2D eigenvalue weighted by molar-refractivity contribution is 0.458. The van der Waals surface area contributed by atoms with Crippen molar-refractivity contribution in [1.82, 2.24) is 4.98 Å². The van der Waals surface area contributed by atoms with Gasteiger partial charge >= 0.3 is 0 Å². The molecule has 0 atom stereocenters. The Balaban J connectivity index is 2.82. The van der Waals surface area contributed by atoms with Gasteiger partial charge in [0, 0.05) is 17.0 Å². The summed E-state index contributed by atoms with van der Waals surface area (Å²) in [7, 11) is 0. The fraction of sp³-hybridized carbons (Fsp3) is 0. The Kier molecular flexibility index (Phi) is 1.06. The van der Waals surface area contributed by atoms with Crippen molar-refractivity contribution in [2.45, 2.75) is 0 Å². The lowest BCUT2D eigenvalue weighted by atomic mass is 10.2. The fourth-order valence-corrected chi connectivity index (χ4v) is 1.10. The molecule has 1 heterocycles. The van der Waals surface area contributed by atoms with Gasteiger partial charge in [0.15, 0.2) is 5.88 Å². The number of benzene rings is 1. The van der Waals surface area contributed by atoms with Crippen molar-refractivity contribution < 1.29 is 10.2 Å². The summed E-state index contributed by atoms with van der Waals surface area (Å²) >= 11 is 0. The molecule has 0 saturated carbocycles. The molecule has 0 bridgehead atoms. The van der Waals surface area contributed by atoms with Crippen molar-refractivity contribution in [3.63, 3.8) is 0 Å². The average Bonchev–Trinajstić information content (AvgIpc) is 2.27. The second-order valence-electron chi connectivity index (χ2n) is 2.43. The van der Waals surface area contributed by atoms with Crippen LogP contribution in [0.3, 0.4) is 0 Å². The van der Waals surface area contributed by atoms with Crippen molar-refractivity contribution in [3.8, 4) is 11.6 Å². The third-order valence-electron chi connectivity index (χ3n) is 1.59. The molecule has 2 aromatic rings. The normalized spacial score (nSPS) is 10.5. The van der Waals surface area contributed by atoms with Gasteiger partial charge in [0.2, 0.25) is 0 Å². The molecule has 3 N–H and O–H groups in total. The van der Waals surface area contributed by atoms with E-state index in [1.807, 2.05) is 0 Å². The minimum atomic E-state index is 0.116. The highest BCUT2D eigenvalue weighted by Gasteiger charge is 1.98.